The van der Waals surface area contributed by atoms with Crippen LogP contribution < -0.4 is 11.1 Å². The van der Waals surface area contributed by atoms with Gasteiger partial charge in [-0.1, -0.05) is 36.4 Å². The van der Waals surface area contributed by atoms with Gasteiger partial charge in [0.05, 0.1) is 17.9 Å². The van der Waals surface area contributed by atoms with E-state index in [0.29, 0.717) is 11.4 Å². The van der Waals surface area contributed by atoms with Crippen LogP contribution in [0.5, 0.6) is 0 Å². The molecule has 2 aromatic carbocycles. The lowest BCUT2D eigenvalue weighted by Crippen LogP contribution is -2.26. The number of rotatable bonds is 8. The average molecular weight is 410 g/mol. The Morgan fingerprint density at radius 3 is 2.70 bits per heavy atom. The Morgan fingerprint density at radius 1 is 1.13 bits per heavy atom. The standard InChI is InChI=1S/C20H19FN6O3/c21-14-7-4-8-15(9-14)24-26-19-16(25-27-20(19)22)11-23-17(28)10-18(29)30-12-13-5-2-1-3-6-13/h1-9H,10-12H2,(H,23,28)(H3,22,25,27). The molecule has 10 heteroatoms. The molecule has 0 saturated heterocycles. The van der Waals surface area contributed by atoms with Gasteiger partial charge in [0.25, 0.3) is 0 Å². The fourth-order valence-corrected chi connectivity index (χ4v) is 2.44. The third-order valence-electron chi connectivity index (χ3n) is 3.92. The predicted molar refractivity (Wildman–Crippen MR) is 106 cm³/mol. The van der Waals surface area contributed by atoms with E-state index < -0.39 is 24.1 Å². The van der Waals surface area contributed by atoms with Crippen LogP contribution in [0, 0.1) is 5.82 Å². The molecule has 0 unspecified atom stereocenters. The van der Waals surface area contributed by atoms with Gasteiger partial charge in [-0.15, -0.1) is 5.11 Å². The molecule has 30 heavy (non-hydrogen) atoms. The zero-order valence-corrected chi connectivity index (χ0v) is 15.8. The second-order valence-corrected chi connectivity index (χ2v) is 6.22. The molecule has 0 saturated carbocycles. The fraction of sp³-hybridized carbons (Fsp3) is 0.150. The Hall–Kier alpha value is -4.08. The van der Waals surface area contributed by atoms with Crippen molar-refractivity contribution in [3.63, 3.8) is 0 Å². The fourth-order valence-electron chi connectivity index (χ4n) is 2.44. The van der Waals surface area contributed by atoms with Gasteiger partial charge in [-0.05, 0) is 17.7 Å². The average Bonchev–Trinajstić information content (AvgIpc) is 3.09. The molecule has 3 rings (SSSR count). The first-order valence-electron chi connectivity index (χ1n) is 8.97. The number of esters is 1. The summed E-state index contributed by atoms with van der Waals surface area (Å²) in [6.45, 7) is 0.0845. The molecule has 1 amide bonds. The first-order valence-corrected chi connectivity index (χ1v) is 8.97. The number of hydrogen-bond acceptors (Lipinski definition) is 7. The van der Waals surface area contributed by atoms with Gasteiger partial charge in [0.2, 0.25) is 5.91 Å². The molecule has 0 aliphatic heterocycles. The van der Waals surface area contributed by atoms with Crippen LogP contribution in [-0.4, -0.2) is 22.1 Å². The normalized spacial score (nSPS) is 10.8. The van der Waals surface area contributed by atoms with Crippen molar-refractivity contribution in [3.8, 4) is 0 Å². The summed E-state index contributed by atoms with van der Waals surface area (Å²) in [5.74, 6) is -1.55. The van der Waals surface area contributed by atoms with Crippen LogP contribution in [0.2, 0.25) is 0 Å². The highest BCUT2D eigenvalue weighted by Crippen LogP contribution is 2.26. The molecular weight excluding hydrogens is 391 g/mol. The maximum atomic E-state index is 13.2. The third kappa shape index (κ3) is 5.96. The summed E-state index contributed by atoms with van der Waals surface area (Å²) >= 11 is 0. The van der Waals surface area contributed by atoms with E-state index in [2.05, 4.69) is 25.7 Å². The van der Waals surface area contributed by atoms with E-state index in [4.69, 9.17) is 10.5 Å². The number of benzene rings is 2. The second-order valence-electron chi connectivity index (χ2n) is 6.22. The number of carbonyl (C=O) groups excluding carboxylic acids is 2. The summed E-state index contributed by atoms with van der Waals surface area (Å²) in [5.41, 5.74) is 7.49. The first-order chi connectivity index (χ1) is 14.5. The summed E-state index contributed by atoms with van der Waals surface area (Å²) in [6, 6.07) is 14.7. The molecule has 3 aromatic rings. The number of nitrogens with two attached hydrogens (primary N) is 1. The van der Waals surface area contributed by atoms with Gasteiger partial charge in [0.15, 0.2) is 11.5 Å². The first kappa shape index (κ1) is 20.6. The number of nitrogen functional groups attached to an aromatic ring is 1. The van der Waals surface area contributed by atoms with Crippen molar-refractivity contribution in [1.29, 1.82) is 0 Å². The minimum Gasteiger partial charge on any atom is -0.460 e. The van der Waals surface area contributed by atoms with Gasteiger partial charge in [-0.25, -0.2) is 4.39 Å². The van der Waals surface area contributed by atoms with Crippen LogP contribution in [-0.2, 0) is 27.5 Å². The van der Waals surface area contributed by atoms with E-state index in [0.717, 1.165) is 5.56 Å². The van der Waals surface area contributed by atoms with E-state index in [1.807, 2.05) is 30.3 Å². The summed E-state index contributed by atoms with van der Waals surface area (Å²) in [4.78, 5) is 23.8. The number of azo groups is 1. The second kappa shape index (κ2) is 9.92. The summed E-state index contributed by atoms with van der Waals surface area (Å²) in [7, 11) is 0. The van der Waals surface area contributed by atoms with Crippen molar-refractivity contribution in [2.75, 3.05) is 5.73 Å². The van der Waals surface area contributed by atoms with E-state index >= 15 is 0 Å². The van der Waals surface area contributed by atoms with Crippen LogP contribution >= 0.6 is 0 Å². The number of aromatic amines is 1. The summed E-state index contributed by atoms with van der Waals surface area (Å²) in [5, 5.41) is 16.9. The molecule has 0 spiro atoms. The van der Waals surface area contributed by atoms with Crippen LogP contribution in [0.25, 0.3) is 0 Å². The van der Waals surface area contributed by atoms with E-state index in [1.165, 1.54) is 18.2 Å². The maximum absolute atomic E-state index is 13.2. The Kier molecular flexibility index (Phi) is 6.83. The van der Waals surface area contributed by atoms with Gasteiger partial charge in [0, 0.05) is 6.07 Å². The number of H-pyrrole nitrogens is 1. The molecular formula is C20H19FN6O3. The highest BCUT2D eigenvalue weighted by molar-refractivity contribution is 5.94. The van der Waals surface area contributed by atoms with E-state index in [-0.39, 0.29) is 24.7 Å². The molecule has 154 valence electrons. The Labute approximate surface area is 171 Å². The van der Waals surface area contributed by atoms with Crippen LogP contribution in [0.4, 0.5) is 21.6 Å². The van der Waals surface area contributed by atoms with Gasteiger partial charge >= 0.3 is 5.97 Å². The summed E-state index contributed by atoms with van der Waals surface area (Å²) in [6.07, 6.45) is -0.434. The maximum Gasteiger partial charge on any atom is 0.315 e. The molecule has 1 heterocycles. The number of hydrogen-bond donors (Lipinski definition) is 3. The number of carbonyl (C=O) groups is 2. The topological polar surface area (TPSA) is 135 Å². The number of nitrogens with one attached hydrogen (secondary N) is 2. The number of amides is 1. The highest BCUT2D eigenvalue weighted by atomic mass is 19.1. The number of anilines is 1. The minimum atomic E-state index is -0.647. The van der Waals surface area contributed by atoms with Crippen molar-refractivity contribution in [3.05, 3.63) is 71.7 Å². The van der Waals surface area contributed by atoms with E-state index in [1.54, 1.807) is 6.07 Å². The predicted octanol–water partition coefficient (Wildman–Crippen LogP) is 3.30. The largest absolute Gasteiger partial charge is 0.460 e. The molecule has 0 aliphatic carbocycles. The van der Waals surface area contributed by atoms with E-state index in [9.17, 15) is 14.0 Å². The molecule has 0 bridgehead atoms. The zero-order valence-electron chi connectivity index (χ0n) is 15.8. The van der Waals surface area contributed by atoms with Crippen molar-refractivity contribution >= 4 is 29.1 Å². The van der Waals surface area contributed by atoms with Gasteiger partial charge in [-0.2, -0.15) is 10.2 Å². The smallest absolute Gasteiger partial charge is 0.315 e. The van der Waals surface area contributed by atoms with Gasteiger partial charge in [0.1, 0.15) is 18.8 Å². The molecule has 0 atom stereocenters. The van der Waals surface area contributed by atoms with Crippen LogP contribution in [0.3, 0.4) is 0 Å². The van der Waals surface area contributed by atoms with Crippen molar-refractivity contribution in [1.82, 2.24) is 15.5 Å². The van der Waals surface area contributed by atoms with Crippen LogP contribution in [0.1, 0.15) is 17.7 Å². The molecule has 0 aliphatic rings. The minimum absolute atomic E-state index is 0.00744. The molecule has 0 radical (unpaired) electrons. The molecule has 9 nitrogen and oxygen atoms in total. The third-order valence-corrected chi connectivity index (χ3v) is 3.92. The Balaban J connectivity index is 1.52. The SMILES string of the molecule is Nc1n[nH]c(CNC(=O)CC(=O)OCc2ccccc2)c1N=Nc1cccc(F)c1. The highest BCUT2D eigenvalue weighted by Gasteiger charge is 2.14. The van der Waals surface area contributed by atoms with Gasteiger partial charge < -0.3 is 15.8 Å². The van der Waals surface area contributed by atoms with Crippen molar-refractivity contribution in [2.24, 2.45) is 10.2 Å². The number of nitrogens with zero attached hydrogens (tertiary/aromatic N) is 3. The summed E-state index contributed by atoms with van der Waals surface area (Å²) < 4.78 is 18.3. The number of aromatic nitrogens is 2. The monoisotopic (exact) mass is 410 g/mol. The van der Waals surface area contributed by atoms with Crippen molar-refractivity contribution in [2.45, 2.75) is 19.6 Å². The zero-order chi connectivity index (χ0) is 21.3. The van der Waals surface area contributed by atoms with Crippen LogP contribution in [0.15, 0.2) is 64.8 Å². The quantitative estimate of drug-likeness (QED) is 0.297. The lowest BCUT2D eigenvalue weighted by Gasteiger charge is -2.06. The van der Waals surface area contributed by atoms with Crippen molar-refractivity contribution < 1.29 is 18.7 Å². The lowest BCUT2D eigenvalue weighted by molar-refractivity contribution is -0.147. The Morgan fingerprint density at radius 2 is 1.93 bits per heavy atom. The molecule has 1 aromatic heterocycles. The molecule has 4 N–H and O–H groups in total. The van der Waals surface area contributed by atoms with Gasteiger partial charge in [-0.3, -0.25) is 14.7 Å². The Bertz CT molecular complexity index is 1050. The number of halogens is 1. The molecule has 0 fully saturated rings. The lowest BCUT2D eigenvalue weighted by atomic mass is 10.2. The number of ether oxygens (including phenoxy) is 1.